The molecule has 0 saturated carbocycles. The van der Waals surface area contributed by atoms with Gasteiger partial charge in [0.15, 0.2) is 0 Å². The third-order valence-corrected chi connectivity index (χ3v) is 11.6. The van der Waals surface area contributed by atoms with E-state index in [1.165, 1.54) is 70.2 Å². The maximum atomic E-state index is 6.86. The molecule has 2 nitrogen and oxygen atoms in total. The van der Waals surface area contributed by atoms with E-state index in [1.54, 1.807) is 0 Å². The van der Waals surface area contributed by atoms with Gasteiger partial charge < -0.3 is 4.42 Å². The standard InChI is InChI=1S/C53H31NO/c1-2-15-34(16-3-1)52-45-31-43(41-23-10-11-24-42(41)48(45)49-38-20-7-4-13-32(38)25-27-46(49)54-52)35-18-12-19-36(29-35)44-30-37-17-6-9-22-40(37)51-50-39-21-8-5-14-33(39)26-28-47(50)55-53(44)51/h1-31H. The molecule has 0 saturated heterocycles. The van der Waals surface area contributed by atoms with Crippen LogP contribution < -0.4 is 0 Å². The number of fused-ring (bicyclic) bond motifs is 14. The Balaban J connectivity index is 1.17. The highest BCUT2D eigenvalue weighted by atomic mass is 16.3. The number of benzene rings is 10. The Kier molecular flexibility index (Phi) is 6.37. The molecular weight excluding hydrogens is 667 g/mol. The average Bonchev–Trinajstić information content (AvgIpc) is 3.66. The molecule has 12 aromatic rings. The molecule has 254 valence electrons. The summed E-state index contributed by atoms with van der Waals surface area (Å²) in [5.74, 6) is 0. The molecule has 0 N–H and O–H groups in total. The highest BCUT2D eigenvalue weighted by molar-refractivity contribution is 6.31. The monoisotopic (exact) mass is 697 g/mol. The van der Waals surface area contributed by atoms with Crippen LogP contribution in [0, 0.1) is 0 Å². The minimum atomic E-state index is 0.906. The van der Waals surface area contributed by atoms with E-state index < -0.39 is 0 Å². The van der Waals surface area contributed by atoms with Crippen LogP contribution in [-0.2, 0) is 0 Å². The number of hydrogen-bond donors (Lipinski definition) is 0. The first-order valence-corrected chi connectivity index (χ1v) is 18.9. The van der Waals surface area contributed by atoms with E-state index >= 15 is 0 Å². The van der Waals surface area contributed by atoms with Crippen LogP contribution in [0.4, 0.5) is 0 Å². The van der Waals surface area contributed by atoms with Gasteiger partial charge in [-0.25, -0.2) is 4.98 Å². The van der Waals surface area contributed by atoms with Crippen molar-refractivity contribution < 1.29 is 4.42 Å². The van der Waals surface area contributed by atoms with E-state index in [-0.39, 0.29) is 0 Å². The summed E-state index contributed by atoms with van der Waals surface area (Å²) in [7, 11) is 0. The van der Waals surface area contributed by atoms with E-state index in [2.05, 4.69) is 188 Å². The lowest BCUT2D eigenvalue weighted by Gasteiger charge is -2.17. The molecule has 55 heavy (non-hydrogen) atoms. The second-order valence-corrected chi connectivity index (χ2v) is 14.6. The molecule has 0 bridgehead atoms. The highest BCUT2D eigenvalue weighted by Gasteiger charge is 2.21. The fraction of sp³-hybridized carbons (Fsp3) is 0. The largest absolute Gasteiger partial charge is 0.455 e. The lowest BCUT2D eigenvalue weighted by molar-refractivity contribution is 0.670. The number of rotatable bonds is 3. The lowest BCUT2D eigenvalue weighted by Crippen LogP contribution is -1.94. The Morgan fingerprint density at radius 2 is 0.909 bits per heavy atom. The van der Waals surface area contributed by atoms with Crippen molar-refractivity contribution in [2.45, 2.75) is 0 Å². The fourth-order valence-corrected chi connectivity index (χ4v) is 9.14. The third-order valence-electron chi connectivity index (χ3n) is 11.6. The smallest absolute Gasteiger partial charge is 0.143 e. The molecule has 0 aliphatic rings. The minimum Gasteiger partial charge on any atom is -0.455 e. The van der Waals surface area contributed by atoms with Crippen molar-refractivity contribution in [3.8, 4) is 33.5 Å². The van der Waals surface area contributed by atoms with Crippen LogP contribution in [0.3, 0.4) is 0 Å². The van der Waals surface area contributed by atoms with Gasteiger partial charge in [-0.15, -0.1) is 0 Å². The Hall–Kier alpha value is -7.29. The van der Waals surface area contributed by atoms with Crippen molar-refractivity contribution in [1.29, 1.82) is 0 Å². The fourth-order valence-electron chi connectivity index (χ4n) is 9.14. The van der Waals surface area contributed by atoms with E-state index in [4.69, 9.17) is 9.40 Å². The molecule has 0 fully saturated rings. The van der Waals surface area contributed by atoms with Gasteiger partial charge in [0.05, 0.1) is 11.2 Å². The summed E-state index contributed by atoms with van der Waals surface area (Å²) in [5, 5.41) is 15.6. The van der Waals surface area contributed by atoms with Crippen molar-refractivity contribution in [3.05, 3.63) is 188 Å². The maximum absolute atomic E-state index is 6.86. The molecule has 12 rings (SSSR count). The molecule has 0 unspecified atom stereocenters. The Morgan fingerprint density at radius 3 is 1.67 bits per heavy atom. The first-order chi connectivity index (χ1) is 27.3. The van der Waals surface area contributed by atoms with E-state index in [1.807, 2.05) is 0 Å². The molecule has 2 heteroatoms. The molecule has 2 heterocycles. The molecule has 0 spiro atoms. The number of aromatic nitrogens is 1. The maximum Gasteiger partial charge on any atom is 0.143 e. The van der Waals surface area contributed by atoms with Crippen LogP contribution in [0.1, 0.15) is 0 Å². The molecule has 0 aliphatic heterocycles. The summed E-state index contributed by atoms with van der Waals surface area (Å²) in [6.45, 7) is 0. The summed E-state index contributed by atoms with van der Waals surface area (Å²) >= 11 is 0. The van der Waals surface area contributed by atoms with Crippen LogP contribution in [0.5, 0.6) is 0 Å². The molecule has 0 aliphatic carbocycles. The zero-order valence-corrected chi connectivity index (χ0v) is 29.8. The third kappa shape index (κ3) is 4.46. The van der Waals surface area contributed by atoms with Crippen molar-refractivity contribution >= 4 is 86.7 Å². The molecule has 2 aromatic heterocycles. The predicted molar refractivity (Wildman–Crippen MR) is 233 cm³/mol. The first-order valence-electron chi connectivity index (χ1n) is 18.9. The van der Waals surface area contributed by atoms with Gasteiger partial charge in [-0.1, -0.05) is 158 Å². The Morgan fingerprint density at radius 1 is 0.327 bits per heavy atom. The summed E-state index contributed by atoms with van der Waals surface area (Å²) < 4.78 is 6.86. The van der Waals surface area contributed by atoms with Gasteiger partial charge in [-0.3, -0.25) is 0 Å². The van der Waals surface area contributed by atoms with Crippen LogP contribution in [0.25, 0.3) is 120 Å². The Labute approximate surface area is 316 Å². The van der Waals surface area contributed by atoms with Gasteiger partial charge in [-0.05, 0) is 90.1 Å². The van der Waals surface area contributed by atoms with E-state index in [9.17, 15) is 0 Å². The van der Waals surface area contributed by atoms with E-state index in [0.29, 0.717) is 0 Å². The van der Waals surface area contributed by atoms with Crippen LogP contribution >= 0.6 is 0 Å². The number of nitrogens with zero attached hydrogens (tertiary/aromatic N) is 1. The molecule has 10 aromatic carbocycles. The lowest BCUT2D eigenvalue weighted by atomic mass is 9.87. The normalized spacial score (nSPS) is 12.0. The number of pyridine rings is 1. The first kappa shape index (κ1) is 30.2. The second-order valence-electron chi connectivity index (χ2n) is 14.6. The van der Waals surface area contributed by atoms with Crippen molar-refractivity contribution in [2.24, 2.45) is 0 Å². The van der Waals surface area contributed by atoms with E-state index in [0.717, 1.165) is 50.0 Å². The zero-order chi connectivity index (χ0) is 36.0. The van der Waals surface area contributed by atoms with Crippen LogP contribution in [0.15, 0.2) is 192 Å². The molecule has 0 amide bonds. The van der Waals surface area contributed by atoms with Gasteiger partial charge >= 0.3 is 0 Å². The van der Waals surface area contributed by atoms with Crippen molar-refractivity contribution in [3.63, 3.8) is 0 Å². The van der Waals surface area contributed by atoms with Gasteiger partial charge in [0.2, 0.25) is 0 Å². The van der Waals surface area contributed by atoms with Crippen LogP contribution in [-0.4, -0.2) is 4.98 Å². The number of hydrogen-bond acceptors (Lipinski definition) is 2. The van der Waals surface area contributed by atoms with Crippen molar-refractivity contribution in [2.75, 3.05) is 0 Å². The van der Waals surface area contributed by atoms with Gasteiger partial charge in [0.1, 0.15) is 11.2 Å². The van der Waals surface area contributed by atoms with Gasteiger partial charge in [0, 0.05) is 38.1 Å². The summed E-state index contributed by atoms with van der Waals surface area (Å²) in [5.41, 5.74) is 9.45. The summed E-state index contributed by atoms with van der Waals surface area (Å²) in [4.78, 5) is 5.42. The molecule has 0 atom stereocenters. The number of furan rings is 1. The predicted octanol–water partition coefficient (Wildman–Crippen LogP) is 14.9. The highest BCUT2D eigenvalue weighted by Crippen LogP contribution is 2.46. The van der Waals surface area contributed by atoms with Crippen LogP contribution in [0.2, 0.25) is 0 Å². The minimum absolute atomic E-state index is 0.906. The van der Waals surface area contributed by atoms with Gasteiger partial charge in [-0.2, -0.15) is 0 Å². The topological polar surface area (TPSA) is 26.0 Å². The summed E-state index contributed by atoms with van der Waals surface area (Å²) in [6.07, 6.45) is 0. The second kappa shape index (κ2) is 11.6. The quantitative estimate of drug-likeness (QED) is 0.172. The van der Waals surface area contributed by atoms with Crippen molar-refractivity contribution in [1.82, 2.24) is 4.98 Å². The van der Waals surface area contributed by atoms with Gasteiger partial charge in [0.25, 0.3) is 0 Å². The Bertz CT molecular complexity index is 3540. The SMILES string of the molecule is c1ccc(-c2nc3ccc4ccccc4c3c3c2cc(-c2cccc(-c4cc5ccccc5c5c4oc4ccc6ccccc6c45)c2)c2ccccc23)cc1. The molecular formula is C53H31NO. The zero-order valence-electron chi connectivity index (χ0n) is 29.8. The molecule has 0 radical (unpaired) electrons. The average molecular weight is 698 g/mol. The summed E-state index contributed by atoms with van der Waals surface area (Å²) in [6, 6.07) is 67.8.